The summed E-state index contributed by atoms with van der Waals surface area (Å²) in [5.41, 5.74) is 2.00. The number of carboxylic acid groups (broad SMARTS) is 1. The van der Waals surface area contributed by atoms with E-state index in [-0.39, 0.29) is 18.4 Å². The molecule has 20 heavy (non-hydrogen) atoms. The fourth-order valence-electron chi connectivity index (χ4n) is 2.89. The summed E-state index contributed by atoms with van der Waals surface area (Å²) in [6, 6.07) is 7.44. The molecule has 1 aromatic carbocycles. The number of aliphatic carboxylic acids is 1. The van der Waals surface area contributed by atoms with Crippen LogP contribution in [0, 0.1) is 18.8 Å². The Morgan fingerprint density at radius 3 is 2.70 bits per heavy atom. The number of nitrogens with zero attached hydrogens (tertiary/aromatic N) is 1. The van der Waals surface area contributed by atoms with Crippen molar-refractivity contribution in [2.24, 2.45) is 11.8 Å². The first-order valence-electron chi connectivity index (χ1n) is 6.99. The van der Waals surface area contributed by atoms with Crippen LogP contribution in [-0.4, -0.2) is 28.4 Å². The van der Waals surface area contributed by atoms with Gasteiger partial charge in [0, 0.05) is 13.0 Å². The number of carboxylic acids is 1. The summed E-state index contributed by atoms with van der Waals surface area (Å²) in [5.74, 6) is -1.28. The Bertz CT molecular complexity index is 524. The Kier molecular flexibility index (Phi) is 4.12. The fraction of sp³-hybridized carbons (Fsp3) is 0.500. The van der Waals surface area contributed by atoms with Crippen molar-refractivity contribution in [3.63, 3.8) is 0 Å². The second kappa shape index (κ2) is 5.65. The molecule has 0 radical (unpaired) electrons. The molecular formula is C16H21NO3. The van der Waals surface area contributed by atoms with Gasteiger partial charge in [0.2, 0.25) is 5.91 Å². The minimum absolute atomic E-state index is 0.0578. The van der Waals surface area contributed by atoms with E-state index in [2.05, 4.69) is 0 Å². The van der Waals surface area contributed by atoms with Gasteiger partial charge in [0.05, 0.1) is 12.0 Å². The van der Waals surface area contributed by atoms with E-state index >= 15 is 0 Å². The van der Waals surface area contributed by atoms with Gasteiger partial charge >= 0.3 is 5.97 Å². The number of benzene rings is 1. The van der Waals surface area contributed by atoms with Crippen LogP contribution in [0.15, 0.2) is 24.3 Å². The molecule has 1 aromatic rings. The lowest BCUT2D eigenvalue weighted by Gasteiger charge is -2.29. The summed E-state index contributed by atoms with van der Waals surface area (Å²) in [7, 11) is 0. The van der Waals surface area contributed by atoms with E-state index in [4.69, 9.17) is 0 Å². The first-order chi connectivity index (χ1) is 9.40. The van der Waals surface area contributed by atoms with Crippen LogP contribution in [0.4, 0.5) is 0 Å². The van der Waals surface area contributed by atoms with E-state index in [9.17, 15) is 14.7 Å². The Balaban J connectivity index is 2.40. The summed E-state index contributed by atoms with van der Waals surface area (Å²) < 4.78 is 0. The van der Waals surface area contributed by atoms with Gasteiger partial charge < -0.3 is 10.0 Å². The van der Waals surface area contributed by atoms with Crippen LogP contribution < -0.4 is 0 Å². The number of carbonyl (C=O) groups excluding carboxylic acids is 1. The van der Waals surface area contributed by atoms with Crippen molar-refractivity contribution in [3.05, 3.63) is 35.4 Å². The van der Waals surface area contributed by atoms with Gasteiger partial charge in [-0.15, -0.1) is 0 Å². The van der Waals surface area contributed by atoms with Crippen LogP contribution in [0.25, 0.3) is 0 Å². The highest BCUT2D eigenvalue weighted by Crippen LogP contribution is 2.38. The zero-order valence-electron chi connectivity index (χ0n) is 12.2. The summed E-state index contributed by atoms with van der Waals surface area (Å²) in [4.78, 5) is 25.4. The van der Waals surface area contributed by atoms with Crippen molar-refractivity contribution < 1.29 is 14.7 Å². The summed E-state index contributed by atoms with van der Waals surface area (Å²) in [6.07, 6.45) is 0.0979. The monoisotopic (exact) mass is 275 g/mol. The zero-order valence-corrected chi connectivity index (χ0v) is 12.2. The lowest BCUT2D eigenvalue weighted by Crippen LogP contribution is -2.33. The van der Waals surface area contributed by atoms with E-state index in [1.165, 1.54) is 0 Å². The van der Waals surface area contributed by atoms with Gasteiger partial charge in [0.1, 0.15) is 0 Å². The molecule has 0 spiro atoms. The topological polar surface area (TPSA) is 57.6 Å². The third-order valence-corrected chi connectivity index (χ3v) is 3.69. The minimum Gasteiger partial charge on any atom is -0.481 e. The van der Waals surface area contributed by atoms with Gasteiger partial charge in [-0.2, -0.15) is 0 Å². The molecule has 2 unspecified atom stereocenters. The summed E-state index contributed by atoms with van der Waals surface area (Å²) >= 11 is 0. The second-order valence-corrected chi connectivity index (χ2v) is 5.95. The van der Waals surface area contributed by atoms with Crippen LogP contribution in [0.5, 0.6) is 0 Å². The van der Waals surface area contributed by atoms with Crippen LogP contribution >= 0.6 is 0 Å². The van der Waals surface area contributed by atoms with Crippen LogP contribution in [0.1, 0.15) is 37.4 Å². The number of hydrogen-bond donors (Lipinski definition) is 1. The SMILES string of the molecule is Cc1cccc(C2C(C(=O)O)CC(=O)N2CC(C)C)c1. The molecule has 1 N–H and O–H groups in total. The molecule has 4 nitrogen and oxygen atoms in total. The molecular weight excluding hydrogens is 254 g/mol. The van der Waals surface area contributed by atoms with Crippen molar-refractivity contribution in [2.45, 2.75) is 33.2 Å². The number of aryl methyl sites for hydroxylation is 1. The average molecular weight is 275 g/mol. The molecule has 1 heterocycles. The summed E-state index contributed by atoms with van der Waals surface area (Å²) in [5, 5.41) is 9.41. The highest BCUT2D eigenvalue weighted by atomic mass is 16.4. The predicted molar refractivity (Wildman–Crippen MR) is 76.2 cm³/mol. The number of carbonyl (C=O) groups is 2. The molecule has 0 aromatic heterocycles. The largest absolute Gasteiger partial charge is 0.481 e. The molecule has 1 saturated heterocycles. The molecule has 4 heteroatoms. The van der Waals surface area contributed by atoms with Crippen LogP contribution in [-0.2, 0) is 9.59 Å². The van der Waals surface area contributed by atoms with E-state index in [0.29, 0.717) is 12.5 Å². The minimum atomic E-state index is -0.892. The number of amides is 1. The van der Waals surface area contributed by atoms with Crippen molar-refractivity contribution in [1.82, 2.24) is 4.90 Å². The van der Waals surface area contributed by atoms with E-state index in [0.717, 1.165) is 11.1 Å². The Morgan fingerprint density at radius 1 is 1.45 bits per heavy atom. The Hall–Kier alpha value is -1.84. The van der Waals surface area contributed by atoms with Gasteiger partial charge in [0.15, 0.2) is 0 Å². The zero-order chi connectivity index (χ0) is 14.9. The number of hydrogen-bond acceptors (Lipinski definition) is 2. The number of rotatable bonds is 4. The van der Waals surface area contributed by atoms with Gasteiger partial charge in [0.25, 0.3) is 0 Å². The van der Waals surface area contributed by atoms with E-state index < -0.39 is 11.9 Å². The Morgan fingerprint density at radius 2 is 2.15 bits per heavy atom. The second-order valence-electron chi connectivity index (χ2n) is 5.95. The van der Waals surface area contributed by atoms with Crippen molar-refractivity contribution in [1.29, 1.82) is 0 Å². The fourth-order valence-corrected chi connectivity index (χ4v) is 2.89. The summed E-state index contributed by atoms with van der Waals surface area (Å²) in [6.45, 7) is 6.65. The van der Waals surface area contributed by atoms with Crippen LogP contribution in [0.2, 0.25) is 0 Å². The quantitative estimate of drug-likeness (QED) is 0.919. The molecule has 0 saturated carbocycles. The van der Waals surface area contributed by atoms with Gasteiger partial charge in [-0.25, -0.2) is 0 Å². The molecule has 2 atom stereocenters. The predicted octanol–water partition coefficient (Wildman–Crippen LogP) is 2.63. The third kappa shape index (κ3) is 2.84. The Labute approximate surface area is 119 Å². The maximum atomic E-state index is 12.2. The maximum absolute atomic E-state index is 12.2. The highest BCUT2D eigenvalue weighted by molar-refractivity contribution is 5.87. The van der Waals surface area contributed by atoms with E-state index in [1.807, 2.05) is 45.0 Å². The maximum Gasteiger partial charge on any atom is 0.309 e. The first kappa shape index (κ1) is 14.6. The molecule has 1 aliphatic heterocycles. The molecule has 1 fully saturated rings. The molecule has 2 rings (SSSR count). The van der Waals surface area contributed by atoms with Gasteiger partial charge in [-0.05, 0) is 18.4 Å². The van der Waals surface area contributed by atoms with Crippen molar-refractivity contribution in [3.8, 4) is 0 Å². The standard InChI is InChI=1S/C16H21NO3/c1-10(2)9-17-14(18)8-13(16(19)20)15(17)12-6-4-5-11(3)7-12/h4-7,10,13,15H,8-9H2,1-3H3,(H,19,20). The molecule has 1 aliphatic rings. The third-order valence-electron chi connectivity index (χ3n) is 3.69. The van der Waals surface area contributed by atoms with Crippen molar-refractivity contribution >= 4 is 11.9 Å². The van der Waals surface area contributed by atoms with Gasteiger partial charge in [-0.1, -0.05) is 43.7 Å². The lowest BCUT2D eigenvalue weighted by atomic mass is 9.92. The van der Waals surface area contributed by atoms with E-state index in [1.54, 1.807) is 4.90 Å². The number of likely N-dealkylation sites (tertiary alicyclic amines) is 1. The first-order valence-corrected chi connectivity index (χ1v) is 6.99. The molecule has 0 bridgehead atoms. The van der Waals surface area contributed by atoms with Crippen molar-refractivity contribution in [2.75, 3.05) is 6.54 Å². The molecule has 1 amide bonds. The smallest absolute Gasteiger partial charge is 0.309 e. The van der Waals surface area contributed by atoms with Crippen LogP contribution in [0.3, 0.4) is 0 Å². The van der Waals surface area contributed by atoms with Gasteiger partial charge in [-0.3, -0.25) is 9.59 Å². The average Bonchev–Trinajstić information content (AvgIpc) is 2.66. The highest BCUT2D eigenvalue weighted by Gasteiger charge is 2.44. The molecule has 0 aliphatic carbocycles. The molecule has 108 valence electrons. The normalized spacial score (nSPS) is 22.6. The lowest BCUT2D eigenvalue weighted by molar-refractivity contribution is -0.142.